The van der Waals surface area contributed by atoms with Crippen molar-refractivity contribution < 1.29 is 19.1 Å². The van der Waals surface area contributed by atoms with Crippen LogP contribution in [-0.4, -0.2) is 23.7 Å². The minimum absolute atomic E-state index is 0.0641. The molecular weight excluding hydrogens is 263 g/mol. The number of benzene rings is 1. The predicted molar refractivity (Wildman–Crippen MR) is 74.5 cm³/mol. The Balaban J connectivity index is 2.67. The molecule has 2 amide bonds. The SMILES string of the molecule is CC(C)(C)CCNC(=O)Nc1cccc(F)c1C(=O)O. The third-order valence-electron chi connectivity index (χ3n) is 2.64. The molecule has 1 rings (SSSR count). The first-order chi connectivity index (χ1) is 9.20. The van der Waals surface area contributed by atoms with E-state index in [4.69, 9.17) is 5.11 Å². The number of nitrogens with one attached hydrogen (secondary N) is 2. The van der Waals surface area contributed by atoms with Crippen LogP contribution in [0.5, 0.6) is 0 Å². The van der Waals surface area contributed by atoms with Gasteiger partial charge >= 0.3 is 12.0 Å². The van der Waals surface area contributed by atoms with Gasteiger partial charge in [0.1, 0.15) is 11.4 Å². The lowest BCUT2D eigenvalue weighted by atomic mass is 9.92. The van der Waals surface area contributed by atoms with Gasteiger partial charge in [0.2, 0.25) is 0 Å². The van der Waals surface area contributed by atoms with Crippen LogP contribution in [0.4, 0.5) is 14.9 Å². The van der Waals surface area contributed by atoms with Crippen molar-refractivity contribution in [2.45, 2.75) is 27.2 Å². The summed E-state index contributed by atoms with van der Waals surface area (Å²) < 4.78 is 13.4. The zero-order valence-corrected chi connectivity index (χ0v) is 11.8. The van der Waals surface area contributed by atoms with Gasteiger partial charge in [-0.3, -0.25) is 0 Å². The smallest absolute Gasteiger partial charge is 0.340 e. The quantitative estimate of drug-likeness (QED) is 0.794. The molecule has 0 aliphatic carbocycles. The molecule has 1 aromatic rings. The van der Waals surface area contributed by atoms with Crippen molar-refractivity contribution in [1.29, 1.82) is 0 Å². The number of urea groups is 1. The molecule has 0 radical (unpaired) electrons. The lowest BCUT2D eigenvalue weighted by Gasteiger charge is -2.18. The van der Waals surface area contributed by atoms with Gasteiger partial charge < -0.3 is 15.7 Å². The highest BCUT2D eigenvalue weighted by Crippen LogP contribution is 2.19. The maximum atomic E-state index is 13.4. The molecule has 0 aromatic heterocycles. The van der Waals surface area contributed by atoms with Crippen LogP contribution in [-0.2, 0) is 0 Å². The number of hydrogen-bond donors (Lipinski definition) is 3. The van der Waals surface area contributed by atoms with Gasteiger partial charge in [-0.1, -0.05) is 26.8 Å². The molecule has 0 saturated carbocycles. The average Bonchev–Trinajstić information content (AvgIpc) is 2.26. The Morgan fingerprint density at radius 1 is 1.30 bits per heavy atom. The minimum Gasteiger partial charge on any atom is -0.478 e. The molecule has 0 saturated heterocycles. The maximum absolute atomic E-state index is 13.4. The first-order valence-electron chi connectivity index (χ1n) is 6.27. The molecule has 0 heterocycles. The molecule has 0 spiro atoms. The summed E-state index contributed by atoms with van der Waals surface area (Å²) in [4.78, 5) is 22.6. The van der Waals surface area contributed by atoms with Gasteiger partial charge in [0, 0.05) is 6.54 Å². The van der Waals surface area contributed by atoms with E-state index in [-0.39, 0.29) is 11.1 Å². The number of anilines is 1. The van der Waals surface area contributed by atoms with Crippen molar-refractivity contribution in [3.8, 4) is 0 Å². The molecule has 0 aliphatic rings. The van der Waals surface area contributed by atoms with Gasteiger partial charge in [-0.25, -0.2) is 14.0 Å². The number of aromatic carboxylic acids is 1. The second-order valence-corrected chi connectivity index (χ2v) is 5.66. The molecular formula is C14H19FN2O3. The number of amides is 2. The van der Waals surface area contributed by atoms with E-state index < -0.39 is 23.4 Å². The fourth-order valence-electron chi connectivity index (χ4n) is 1.56. The Labute approximate surface area is 117 Å². The molecule has 3 N–H and O–H groups in total. The van der Waals surface area contributed by atoms with Gasteiger partial charge in [-0.2, -0.15) is 0 Å². The van der Waals surface area contributed by atoms with Crippen molar-refractivity contribution in [3.63, 3.8) is 0 Å². The van der Waals surface area contributed by atoms with E-state index in [9.17, 15) is 14.0 Å². The molecule has 0 unspecified atom stereocenters. The molecule has 110 valence electrons. The van der Waals surface area contributed by atoms with E-state index in [1.54, 1.807) is 0 Å². The highest BCUT2D eigenvalue weighted by Gasteiger charge is 2.17. The van der Waals surface area contributed by atoms with Gasteiger partial charge in [-0.05, 0) is 24.0 Å². The zero-order chi connectivity index (χ0) is 15.3. The summed E-state index contributed by atoms with van der Waals surface area (Å²) >= 11 is 0. The lowest BCUT2D eigenvalue weighted by Crippen LogP contribution is -2.32. The number of carbonyl (C=O) groups excluding carboxylic acids is 1. The summed E-state index contributed by atoms with van der Waals surface area (Å²) in [5, 5.41) is 13.9. The minimum atomic E-state index is -1.42. The summed E-state index contributed by atoms with van der Waals surface area (Å²) in [6.07, 6.45) is 0.773. The number of hydrogen-bond acceptors (Lipinski definition) is 2. The topological polar surface area (TPSA) is 78.4 Å². The van der Waals surface area contributed by atoms with Crippen LogP contribution in [0.15, 0.2) is 18.2 Å². The largest absolute Gasteiger partial charge is 0.478 e. The molecule has 1 aromatic carbocycles. The van der Waals surface area contributed by atoms with E-state index in [0.29, 0.717) is 6.54 Å². The Kier molecular flexibility index (Phi) is 5.07. The summed E-state index contributed by atoms with van der Waals surface area (Å²) in [6.45, 7) is 6.58. The van der Waals surface area contributed by atoms with Crippen molar-refractivity contribution in [3.05, 3.63) is 29.6 Å². The predicted octanol–water partition coefficient (Wildman–Crippen LogP) is 3.08. The second kappa shape index (κ2) is 6.36. The fourth-order valence-corrected chi connectivity index (χ4v) is 1.56. The van der Waals surface area contributed by atoms with Crippen molar-refractivity contribution in [2.75, 3.05) is 11.9 Å². The first kappa shape index (κ1) is 15.9. The summed E-state index contributed by atoms with van der Waals surface area (Å²) in [6, 6.07) is 3.16. The van der Waals surface area contributed by atoms with Gasteiger partial charge in [0.15, 0.2) is 0 Å². The zero-order valence-electron chi connectivity index (χ0n) is 11.8. The number of carbonyl (C=O) groups is 2. The van der Waals surface area contributed by atoms with Crippen LogP contribution >= 0.6 is 0 Å². The summed E-state index contributed by atoms with van der Waals surface area (Å²) in [7, 11) is 0. The number of halogens is 1. The summed E-state index contributed by atoms with van der Waals surface area (Å²) in [5.41, 5.74) is -0.525. The normalized spacial score (nSPS) is 11.0. The van der Waals surface area contributed by atoms with Crippen LogP contribution in [0.25, 0.3) is 0 Å². The second-order valence-electron chi connectivity index (χ2n) is 5.66. The van der Waals surface area contributed by atoms with Crippen molar-refractivity contribution in [1.82, 2.24) is 5.32 Å². The fraction of sp³-hybridized carbons (Fsp3) is 0.429. The Morgan fingerprint density at radius 2 is 1.95 bits per heavy atom. The molecule has 20 heavy (non-hydrogen) atoms. The highest BCUT2D eigenvalue weighted by molar-refractivity contribution is 6.00. The van der Waals surface area contributed by atoms with E-state index in [2.05, 4.69) is 10.6 Å². The van der Waals surface area contributed by atoms with Crippen LogP contribution in [0.1, 0.15) is 37.6 Å². The Bertz CT molecular complexity index is 510. The van der Waals surface area contributed by atoms with Crippen LogP contribution in [0.3, 0.4) is 0 Å². The monoisotopic (exact) mass is 282 g/mol. The highest BCUT2D eigenvalue weighted by atomic mass is 19.1. The molecule has 0 atom stereocenters. The average molecular weight is 282 g/mol. The van der Waals surface area contributed by atoms with E-state index in [1.165, 1.54) is 12.1 Å². The Hall–Kier alpha value is -2.11. The van der Waals surface area contributed by atoms with E-state index in [1.807, 2.05) is 20.8 Å². The van der Waals surface area contributed by atoms with Crippen molar-refractivity contribution in [2.24, 2.45) is 5.41 Å². The third kappa shape index (κ3) is 4.87. The van der Waals surface area contributed by atoms with Gasteiger partial charge in [-0.15, -0.1) is 0 Å². The van der Waals surface area contributed by atoms with Crippen LogP contribution in [0.2, 0.25) is 0 Å². The van der Waals surface area contributed by atoms with Gasteiger partial charge in [0.25, 0.3) is 0 Å². The van der Waals surface area contributed by atoms with E-state index >= 15 is 0 Å². The van der Waals surface area contributed by atoms with Crippen LogP contribution in [0, 0.1) is 11.2 Å². The first-order valence-corrected chi connectivity index (χ1v) is 6.27. The summed E-state index contributed by atoms with van der Waals surface area (Å²) in [5.74, 6) is -2.31. The number of rotatable bonds is 4. The maximum Gasteiger partial charge on any atom is 0.340 e. The standard InChI is InChI=1S/C14H19FN2O3/c1-14(2,3)7-8-16-13(20)17-10-6-4-5-9(15)11(10)12(18)19/h4-6H,7-8H2,1-3H3,(H,18,19)(H2,16,17,20). The molecule has 0 bridgehead atoms. The van der Waals surface area contributed by atoms with Gasteiger partial charge in [0.05, 0.1) is 5.69 Å². The molecule has 0 aliphatic heterocycles. The lowest BCUT2D eigenvalue weighted by molar-refractivity contribution is 0.0693. The van der Waals surface area contributed by atoms with E-state index in [0.717, 1.165) is 12.5 Å². The third-order valence-corrected chi connectivity index (χ3v) is 2.64. The molecule has 5 nitrogen and oxygen atoms in total. The Morgan fingerprint density at radius 3 is 2.50 bits per heavy atom. The number of carboxylic acid groups (broad SMARTS) is 1. The molecule has 6 heteroatoms. The van der Waals surface area contributed by atoms with Crippen LogP contribution < -0.4 is 10.6 Å². The molecule has 0 fully saturated rings. The van der Waals surface area contributed by atoms with Crippen molar-refractivity contribution >= 4 is 17.7 Å². The number of carboxylic acids is 1.